The van der Waals surface area contributed by atoms with Crippen LogP contribution in [0.1, 0.15) is 31.4 Å². The molecule has 104 valence electrons. The Balaban J connectivity index is 2.20. The topological polar surface area (TPSA) is 107 Å². The molecule has 1 fully saturated rings. The molecule has 19 heavy (non-hydrogen) atoms. The Morgan fingerprint density at radius 2 is 2.16 bits per heavy atom. The van der Waals surface area contributed by atoms with Gasteiger partial charge in [0.2, 0.25) is 5.95 Å². The van der Waals surface area contributed by atoms with Crippen LogP contribution in [0.25, 0.3) is 0 Å². The number of rotatable bonds is 5. The summed E-state index contributed by atoms with van der Waals surface area (Å²) in [4.78, 5) is 18.7. The molecular weight excluding hydrogens is 266 g/mol. The van der Waals surface area contributed by atoms with Gasteiger partial charge < -0.3 is 0 Å². The van der Waals surface area contributed by atoms with E-state index in [-0.39, 0.29) is 11.6 Å². The van der Waals surface area contributed by atoms with Gasteiger partial charge in [0, 0.05) is 5.75 Å². The predicted molar refractivity (Wildman–Crippen MR) is 73.9 cm³/mol. The summed E-state index contributed by atoms with van der Waals surface area (Å²) in [5, 5.41) is 11.5. The van der Waals surface area contributed by atoms with Gasteiger partial charge in [0.1, 0.15) is 5.69 Å². The van der Waals surface area contributed by atoms with E-state index in [1.54, 1.807) is 6.92 Å². The Kier molecular flexibility index (Phi) is 4.54. The summed E-state index contributed by atoms with van der Waals surface area (Å²) in [6.45, 7) is 1.60. The van der Waals surface area contributed by atoms with Crippen LogP contribution in [0.2, 0.25) is 0 Å². The number of nitro groups is 1. The first-order valence-corrected chi connectivity index (χ1v) is 7.23. The molecule has 0 spiro atoms. The van der Waals surface area contributed by atoms with Crippen LogP contribution in [0.5, 0.6) is 0 Å². The van der Waals surface area contributed by atoms with Gasteiger partial charge in [-0.05, 0) is 25.7 Å². The lowest BCUT2D eigenvalue weighted by atomic mass is 10.1. The molecule has 0 atom stereocenters. The van der Waals surface area contributed by atoms with Gasteiger partial charge in [0.05, 0.1) is 4.92 Å². The summed E-state index contributed by atoms with van der Waals surface area (Å²) in [5.41, 5.74) is 2.67. The number of thioether (sulfide) groups is 1. The maximum atomic E-state index is 11.1. The monoisotopic (exact) mass is 283 g/mol. The van der Waals surface area contributed by atoms with Crippen molar-refractivity contribution >= 4 is 23.4 Å². The summed E-state index contributed by atoms with van der Waals surface area (Å²) in [6.07, 6.45) is 4.91. The van der Waals surface area contributed by atoms with Crippen LogP contribution < -0.4 is 11.3 Å². The molecule has 1 heterocycles. The summed E-state index contributed by atoms with van der Waals surface area (Å²) in [5.74, 6) is 6.99. The van der Waals surface area contributed by atoms with Gasteiger partial charge >= 0.3 is 5.69 Å². The van der Waals surface area contributed by atoms with Gasteiger partial charge in [-0.1, -0.05) is 24.6 Å². The zero-order valence-electron chi connectivity index (χ0n) is 10.8. The standard InChI is InChI=1S/C11H17N5O2S/c1-7-9(16(17)18)10(14-11(13-7)15-12)19-6-8-4-2-3-5-8/h8H,2-6,12H2,1H3,(H,13,14,15). The van der Waals surface area contributed by atoms with Crippen LogP contribution in [-0.4, -0.2) is 20.6 Å². The van der Waals surface area contributed by atoms with Crippen LogP contribution in [0.4, 0.5) is 11.6 Å². The number of hydrogen-bond donors (Lipinski definition) is 2. The van der Waals surface area contributed by atoms with Crippen molar-refractivity contribution in [2.75, 3.05) is 11.2 Å². The minimum Gasteiger partial charge on any atom is -0.292 e. The molecule has 1 aliphatic rings. The fourth-order valence-corrected chi connectivity index (χ4v) is 3.53. The van der Waals surface area contributed by atoms with E-state index in [2.05, 4.69) is 15.4 Å². The van der Waals surface area contributed by atoms with Crippen molar-refractivity contribution in [3.8, 4) is 0 Å². The summed E-state index contributed by atoms with van der Waals surface area (Å²) >= 11 is 1.43. The minimum absolute atomic E-state index is 0.0120. The van der Waals surface area contributed by atoms with Crippen molar-refractivity contribution in [1.82, 2.24) is 9.97 Å². The summed E-state index contributed by atoms with van der Waals surface area (Å²) in [7, 11) is 0. The molecule has 1 saturated carbocycles. The second kappa shape index (κ2) is 6.16. The van der Waals surface area contributed by atoms with Crippen molar-refractivity contribution in [1.29, 1.82) is 0 Å². The van der Waals surface area contributed by atoms with Crippen LogP contribution in [0, 0.1) is 23.0 Å². The highest BCUT2D eigenvalue weighted by Gasteiger charge is 2.24. The van der Waals surface area contributed by atoms with E-state index in [0.717, 1.165) is 5.75 Å². The van der Waals surface area contributed by atoms with Gasteiger partial charge in [-0.3, -0.25) is 15.5 Å². The maximum absolute atomic E-state index is 11.1. The fraction of sp³-hybridized carbons (Fsp3) is 0.636. The van der Waals surface area contributed by atoms with E-state index in [1.165, 1.54) is 37.4 Å². The van der Waals surface area contributed by atoms with E-state index in [1.807, 2.05) is 0 Å². The zero-order valence-corrected chi connectivity index (χ0v) is 11.6. The van der Waals surface area contributed by atoms with Gasteiger partial charge in [0.15, 0.2) is 5.03 Å². The molecule has 8 heteroatoms. The van der Waals surface area contributed by atoms with Crippen molar-refractivity contribution in [2.24, 2.45) is 11.8 Å². The molecule has 0 amide bonds. The van der Waals surface area contributed by atoms with E-state index >= 15 is 0 Å². The van der Waals surface area contributed by atoms with E-state index < -0.39 is 4.92 Å². The number of nitrogen functional groups attached to an aromatic ring is 1. The van der Waals surface area contributed by atoms with E-state index in [9.17, 15) is 10.1 Å². The number of hydrazine groups is 1. The first kappa shape index (κ1) is 14.0. The number of aryl methyl sites for hydroxylation is 1. The van der Waals surface area contributed by atoms with E-state index in [0.29, 0.717) is 16.6 Å². The molecule has 3 N–H and O–H groups in total. The number of nitrogens with zero attached hydrogens (tertiary/aromatic N) is 3. The highest BCUT2D eigenvalue weighted by molar-refractivity contribution is 7.99. The first-order valence-electron chi connectivity index (χ1n) is 6.24. The lowest BCUT2D eigenvalue weighted by Gasteiger charge is -2.09. The Morgan fingerprint density at radius 1 is 1.47 bits per heavy atom. The van der Waals surface area contributed by atoms with Gasteiger partial charge in [-0.15, -0.1) is 0 Å². The Labute approximate surface area is 115 Å². The molecule has 0 bridgehead atoms. The normalized spacial score (nSPS) is 15.7. The first-order chi connectivity index (χ1) is 9.11. The van der Waals surface area contributed by atoms with Crippen LogP contribution in [0.15, 0.2) is 5.03 Å². The fourth-order valence-electron chi connectivity index (χ4n) is 2.29. The van der Waals surface area contributed by atoms with E-state index in [4.69, 9.17) is 5.84 Å². The SMILES string of the molecule is Cc1nc(NN)nc(SCC2CCCC2)c1[N+](=O)[O-]. The Bertz CT molecular complexity index is 476. The van der Waals surface area contributed by atoms with Gasteiger partial charge in [-0.2, -0.15) is 4.98 Å². The quantitative estimate of drug-likeness (QED) is 0.280. The molecule has 0 aromatic carbocycles. The molecule has 0 radical (unpaired) electrons. The molecule has 0 aliphatic heterocycles. The molecule has 0 saturated heterocycles. The number of anilines is 1. The predicted octanol–water partition coefficient (Wildman–Crippen LogP) is 2.26. The highest BCUT2D eigenvalue weighted by atomic mass is 32.2. The number of nitrogens with two attached hydrogens (primary N) is 1. The average Bonchev–Trinajstić information content (AvgIpc) is 2.88. The largest absolute Gasteiger partial charge is 0.322 e. The average molecular weight is 283 g/mol. The van der Waals surface area contributed by atoms with Crippen molar-refractivity contribution in [3.05, 3.63) is 15.8 Å². The Morgan fingerprint density at radius 3 is 2.74 bits per heavy atom. The van der Waals surface area contributed by atoms with Gasteiger partial charge in [-0.25, -0.2) is 10.8 Å². The number of hydrogen-bond acceptors (Lipinski definition) is 7. The second-order valence-electron chi connectivity index (χ2n) is 4.65. The maximum Gasteiger partial charge on any atom is 0.322 e. The third-order valence-corrected chi connectivity index (χ3v) is 4.46. The van der Waals surface area contributed by atoms with Crippen molar-refractivity contribution in [2.45, 2.75) is 37.6 Å². The molecular formula is C11H17N5O2S. The zero-order chi connectivity index (χ0) is 13.8. The van der Waals surface area contributed by atoms with Crippen LogP contribution in [-0.2, 0) is 0 Å². The Hall–Kier alpha value is -1.41. The second-order valence-corrected chi connectivity index (χ2v) is 5.66. The highest BCUT2D eigenvalue weighted by Crippen LogP contribution is 2.35. The minimum atomic E-state index is -0.424. The third-order valence-electron chi connectivity index (χ3n) is 3.27. The number of nitrogens with one attached hydrogen (secondary N) is 1. The van der Waals surface area contributed by atoms with Crippen molar-refractivity contribution in [3.63, 3.8) is 0 Å². The summed E-state index contributed by atoms with van der Waals surface area (Å²) < 4.78 is 0. The summed E-state index contributed by atoms with van der Waals surface area (Å²) in [6, 6.07) is 0. The molecule has 2 rings (SSSR count). The lowest BCUT2D eigenvalue weighted by Crippen LogP contribution is -2.13. The van der Waals surface area contributed by atoms with Crippen molar-refractivity contribution < 1.29 is 4.92 Å². The number of aromatic nitrogens is 2. The van der Waals surface area contributed by atoms with Gasteiger partial charge in [0.25, 0.3) is 0 Å². The molecule has 1 aromatic rings. The smallest absolute Gasteiger partial charge is 0.292 e. The van der Waals surface area contributed by atoms with Crippen LogP contribution in [0.3, 0.4) is 0 Å². The molecule has 1 aliphatic carbocycles. The molecule has 7 nitrogen and oxygen atoms in total. The van der Waals surface area contributed by atoms with Crippen LogP contribution >= 0.6 is 11.8 Å². The molecule has 1 aromatic heterocycles. The third kappa shape index (κ3) is 3.32. The lowest BCUT2D eigenvalue weighted by molar-refractivity contribution is -0.389. The molecule has 0 unspecified atom stereocenters.